The van der Waals surface area contributed by atoms with Crippen molar-refractivity contribution >= 4 is 5.78 Å². The van der Waals surface area contributed by atoms with E-state index in [0.29, 0.717) is 17.1 Å². The van der Waals surface area contributed by atoms with Crippen molar-refractivity contribution in [2.24, 2.45) is 5.92 Å². The monoisotopic (exact) mass is 313 g/mol. The lowest BCUT2D eigenvalue weighted by molar-refractivity contribution is 0.0808. The van der Waals surface area contributed by atoms with E-state index < -0.39 is 0 Å². The summed E-state index contributed by atoms with van der Waals surface area (Å²) in [6.45, 7) is 2.77. The topological polar surface area (TPSA) is 67.5 Å². The molecule has 2 aliphatic heterocycles. The van der Waals surface area contributed by atoms with Crippen LogP contribution in [-0.4, -0.2) is 40.5 Å². The van der Waals surface area contributed by atoms with Crippen molar-refractivity contribution in [1.82, 2.24) is 14.9 Å². The number of piperidine rings is 1. The van der Waals surface area contributed by atoms with Gasteiger partial charge in [0.1, 0.15) is 5.82 Å². The first-order chi connectivity index (χ1) is 11.3. The Labute approximate surface area is 134 Å². The van der Waals surface area contributed by atoms with Crippen molar-refractivity contribution in [2.45, 2.75) is 19.4 Å². The molecule has 0 amide bonds. The molecule has 2 aromatic rings. The van der Waals surface area contributed by atoms with Gasteiger partial charge in [-0.1, -0.05) is 0 Å². The maximum atomic E-state index is 12.8. The van der Waals surface area contributed by atoms with E-state index in [0.717, 1.165) is 38.3 Å². The average Bonchev–Trinajstić information content (AvgIpc) is 3.25. The van der Waals surface area contributed by atoms with Crippen LogP contribution in [0.15, 0.2) is 30.6 Å². The first kappa shape index (κ1) is 14.3. The molecule has 1 unspecified atom stereocenters. The first-order valence-corrected chi connectivity index (χ1v) is 7.94. The summed E-state index contributed by atoms with van der Waals surface area (Å²) in [6, 6.07) is 5.45. The number of carbonyl (C=O) groups is 1. The number of aromatic amines is 1. The SMILES string of the molecule is O=C(c1ccc2c(c1)OCO2)C1CCCN(Cc2ncc[nH]2)C1. The summed E-state index contributed by atoms with van der Waals surface area (Å²) >= 11 is 0. The van der Waals surface area contributed by atoms with Gasteiger partial charge in [-0.05, 0) is 37.6 Å². The van der Waals surface area contributed by atoms with E-state index in [4.69, 9.17) is 9.47 Å². The summed E-state index contributed by atoms with van der Waals surface area (Å²) in [4.78, 5) is 22.5. The van der Waals surface area contributed by atoms with Crippen LogP contribution in [0.1, 0.15) is 29.0 Å². The van der Waals surface area contributed by atoms with E-state index >= 15 is 0 Å². The Morgan fingerprint density at radius 1 is 1.35 bits per heavy atom. The summed E-state index contributed by atoms with van der Waals surface area (Å²) < 4.78 is 10.7. The molecular formula is C17H19N3O3. The van der Waals surface area contributed by atoms with Crippen LogP contribution in [0, 0.1) is 5.92 Å². The Kier molecular flexibility index (Phi) is 3.75. The van der Waals surface area contributed by atoms with Crippen molar-refractivity contribution < 1.29 is 14.3 Å². The normalized spacial score (nSPS) is 20.6. The number of Topliss-reactive ketones (excluding diaryl/α,β-unsaturated/α-hetero) is 1. The number of hydrogen-bond acceptors (Lipinski definition) is 5. The lowest BCUT2D eigenvalue weighted by atomic mass is 9.90. The minimum absolute atomic E-state index is 0.0269. The molecule has 3 heterocycles. The molecule has 1 fully saturated rings. The van der Waals surface area contributed by atoms with Gasteiger partial charge in [0.2, 0.25) is 6.79 Å². The molecule has 6 nitrogen and oxygen atoms in total. The highest BCUT2D eigenvalue weighted by Gasteiger charge is 2.28. The van der Waals surface area contributed by atoms with Crippen LogP contribution in [0.3, 0.4) is 0 Å². The number of hydrogen-bond donors (Lipinski definition) is 1. The van der Waals surface area contributed by atoms with Gasteiger partial charge in [-0.15, -0.1) is 0 Å². The number of nitrogens with one attached hydrogen (secondary N) is 1. The van der Waals surface area contributed by atoms with Crippen molar-refractivity contribution in [3.8, 4) is 11.5 Å². The molecule has 0 bridgehead atoms. The highest BCUT2D eigenvalue weighted by Crippen LogP contribution is 2.33. The summed E-state index contributed by atoms with van der Waals surface area (Å²) in [5.74, 6) is 2.54. The van der Waals surface area contributed by atoms with Crippen molar-refractivity contribution in [2.75, 3.05) is 19.9 Å². The van der Waals surface area contributed by atoms with Gasteiger partial charge in [0.05, 0.1) is 6.54 Å². The highest BCUT2D eigenvalue weighted by molar-refractivity contribution is 5.98. The van der Waals surface area contributed by atoms with E-state index in [1.54, 1.807) is 12.3 Å². The van der Waals surface area contributed by atoms with Crippen LogP contribution in [0.5, 0.6) is 11.5 Å². The van der Waals surface area contributed by atoms with Crippen LogP contribution < -0.4 is 9.47 Å². The number of ether oxygens (including phenoxy) is 2. The number of likely N-dealkylation sites (tertiary alicyclic amines) is 1. The second-order valence-electron chi connectivity index (χ2n) is 6.04. The smallest absolute Gasteiger partial charge is 0.231 e. The Bertz CT molecular complexity index is 699. The van der Waals surface area contributed by atoms with Gasteiger partial charge in [-0.25, -0.2) is 4.98 Å². The molecule has 1 saturated heterocycles. The number of ketones is 1. The highest BCUT2D eigenvalue weighted by atomic mass is 16.7. The van der Waals surface area contributed by atoms with Gasteiger partial charge in [0.15, 0.2) is 17.3 Å². The van der Waals surface area contributed by atoms with Gasteiger partial charge in [0, 0.05) is 30.4 Å². The second-order valence-corrected chi connectivity index (χ2v) is 6.04. The quantitative estimate of drug-likeness (QED) is 0.877. The molecule has 1 atom stereocenters. The minimum atomic E-state index is 0.0269. The Hall–Kier alpha value is -2.34. The number of fused-ring (bicyclic) bond motifs is 1. The zero-order valence-electron chi connectivity index (χ0n) is 12.8. The van der Waals surface area contributed by atoms with E-state index in [1.165, 1.54) is 0 Å². The number of benzene rings is 1. The maximum absolute atomic E-state index is 12.8. The third-order valence-corrected chi connectivity index (χ3v) is 4.46. The zero-order valence-corrected chi connectivity index (χ0v) is 12.8. The van der Waals surface area contributed by atoms with E-state index in [2.05, 4.69) is 14.9 Å². The second kappa shape index (κ2) is 6.04. The van der Waals surface area contributed by atoms with Gasteiger partial charge in [0.25, 0.3) is 0 Å². The molecular weight excluding hydrogens is 294 g/mol. The van der Waals surface area contributed by atoms with Gasteiger partial charge in [-0.2, -0.15) is 0 Å². The number of rotatable bonds is 4. The van der Waals surface area contributed by atoms with E-state index in [9.17, 15) is 4.79 Å². The Morgan fingerprint density at radius 2 is 2.26 bits per heavy atom. The predicted molar refractivity (Wildman–Crippen MR) is 83.5 cm³/mol. The number of nitrogens with zero attached hydrogens (tertiary/aromatic N) is 2. The fourth-order valence-electron chi connectivity index (χ4n) is 3.29. The minimum Gasteiger partial charge on any atom is -0.454 e. The molecule has 1 aromatic heterocycles. The molecule has 6 heteroatoms. The van der Waals surface area contributed by atoms with E-state index in [-0.39, 0.29) is 18.5 Å². The lowest BCUT2D eigenvalue weighted by Gasteiger charge is -2.31. The van der Waals surface area contributed by atoms with Crippen molar-refractivity contribution in [3.05, 3.63) is 42.0 Å². The third-order valence-electron chi connectivity index (χ3n) is 4.46. The first-order valence-electron chi connectivity index (χ1n) is 7.94. The molecule has 4 rings (SSSR count). The van der Waals surface area contributed by atoms with Gasteiger partial charge in [-0.3, -0.25) is 9.69 Å². The number of H-pyrrole nitrogens is 1. The van der Waals surface area contributed by atoms with Crippen LogP contribution in [0.25, 0.3) is 0 Å². The van der Waals surface area contributed by atoms with Crippen molar-refractivity contribution in [3.63, 3.8) is 0 Å². The lowest BCUT2D eigenvalue weighted by Crippen LogP contribution is -2.38. The molecule has 2 aliphatic rings. The fraction of sp³-hybridized carbons (Fsp3) is 0.412. The summed E-state index contributed by atoms with van der Waals surface area (Å²) in [5.41, 5.74) is 0.707. The van der Waals surface area contributed by atoms with E-state index in [1.807, 2.05) is 18.3 Å². The molecule has 0 saturated carbocycles. The number of aromatic nitrogens is 2. The molecule has 120 valence electrons. The number of carbonyl (C=O) groups excluding carboxylic acids is 1. The van der Waals surface area contributed by atoms with Crippen LogP contribution in [0.2, 0.25) is 0 Å². The standard InChI is InChI=1S/C17H19N3O3/c21-17(12-3-4-14-15(8-12)23-11-22-14)13-2-1-7-20(9-13)10-16-18-5-6-19-16/h3-6,8,13H,1-2,7,9-11H2,(H,18,19). The predicted octanol–water partition coefficient (Wildman–Crippen LogP) is 2.23. The molecule has 0 spiro atoms. The molecule has 1 N–H and O–H groups in total. The number of imidazole rings is 1. The van der Waals surface area contributed by atoms with Gasteiger partial charge >= 0.3 is 0 Å². The Balaban J connectivity index is 1.45. The fourth-order valence-corrected chi connectivity index (χ4v) is 3.29. The molecule has 0 aliphatic carbocycles. The maximum Gasteiger partial charge on any atom is 0.231 e. The van der Waals surface area contributed by atoms with Crippen LogP contribution >= 0.6 is 0 Å². The van der Waals surface area contributed by atoms with Crippen LogP contribution in [0.4, 0.5) is 0 Å². The molecule has 1 aromatic carbocycles. The Morgan fingerprint density at radius 3 is 3.13 bits per heavy atom. The molecule has 0 radical (unpaired) electrons. The zero-order chi connectivity index (χ0) is 15.6. The molecule has 23 heavy (non-hydrogen) atoms. The largest absolute Gasteiger partial charge is 0.454 e. The van der Waals surface area contributed by atoms with Gasteiger partial charge < -0.3 is 14.5 Å². The third kappa shape index (κ3) is 2.94. The summed E-state index contributed by atoms with van der Waals surface area (Å²) in [5, 5.41) is 0. The van der Waals surface area contributed by atoms with Crippen LogP contribution in [-0.2, 0) is 6.54 Å². The summed E-state index contributed by atoms with van der Waals surface area (Å²) in [6.07, 6.45) is 5.55. The van der Waals surface area contributed by atoms with Crippen molar-refractivity contribution in [1.29, 1.82) is 0 Å². The average molecular weight is 313 g/mol. The summed E-state index contributed by atoms with van der Waals surface area (Å²) in [7, 11) is 0.